The molecule has 0 aliphatic carbocycles. The molecule has 0 saturated carbocycles. The lowest BCUT2D eigenvalue weighted by atomic mass is 9.85. The van der Waals surface area contributed by atoms with E-state index in [1.165, 1.54) is 6.42 Å². The van der Waals surface area contributed by atoms with Crippen molar-refractivity contribution in [1.82, 2.24) is 14.8 Å². The van der Waals surface area contributed by atoms with Crippen LogP contribution in [-0.4, -0.2) is 14.8 Å². The van der Waals surface area contributed by atoms with Crippen LogP contribution in [0.3, 0.4) is 0 Å². The summed E-state index contributed by atoms with van der Waals surface area (Å²) in [7, 11) is 0. The van der Waals surface area contributed by atoms with Gasteiger partial charge in [0.1, 0.15) is 5.82 Å². The van der Waals surface area contributed by atoms with Crippen molar-refractivity contribution in [3.63, 3.8) is 0 Å². The Morgan fingerprint density at radius 1 is 1.38 bits per heavy atom. The summed E-state index contributed by atoms with van der Waals surface area (Å²) in [6.07, 6.45) is 3.84. The SMILES string of the molecule is CC1(C)CCc2nnc(-c3ccco3)n2C1. The van der Waals surface area contributed by atoms with Crippen molar-refractivity contribution in [2.75, 3.05) is 0 Å². The monoisotopic (exact) mass is 217 g/mol. The summed E-state index contributed by atoms with van der Waals surface area (Å²) in [6, 6.07) is 3.81. The fourth-order valence-electron chi connectivity index (χ4n) is 2.23. The number of nitrogens with zero attached hydrogens (tertiary/aromatic N) is 3. The molecule has 3 heterocycles. The third-order valence-corrected chi connectivity index (χ3v) is 3.18. The van der Waals surface area contributed by atoms with E-state index in [1.54, 1.807) is 6.26 Å². The van der Waals surface area contributed by atoms with Crippen LogP contribution < -0.4 is 0 Å². The molecule has 16 heavy (non-hydrogen) atoms. The van der Waals surface area contributed by atoms with Crippen molar-refractivity contribution in [1.29, 1.82) is 0 Å². The summed E-state index contributed by atoms with van der Waals surface area (Å²) in [5.41, 5.74) is 0.316. The lowest BCUT2D eigenvalue weighted by Gasteiger charge is -2.30. The Morgan fingerprint density at radius 3 is 3.00 bits per heavy atom. The van der Waals surface area contributed by atoms with Crippen molar-refractivity contribution in [3.8, 4) is 11.6 Å². The highest BCUT2D eigenvalue weighted by Crippen LogP contribution is 2.32. The van der Waals surface area contributed by atoms with E-state index in [9.17, 15) is 0 Å². The van der Waals surface area contributed by atoms with Crippen molar-refractivity contribution in [2.24, 2.45) is 5.41 Å². The maximum Gasteiger partial charge on any atom is 0.199 e. The minimum absolute atomic E-state index is 0.316. The molecule has 0 saturated heterocycles. The van der Waals surface area contributed by atoms with Crippen molar-refractivity contribution in [3.05, 3.63) is 24.2 Å². The third kappa shape index (κ3) is 1.45. The Balaban J connectivity index is 2.07. The van der Waals surface area contributed by atoms with Crippen LogP contribution in [0.5, 0.6) is 0 Å². The van der Waals surface area contributed by atoms with Crippen LogP contribution in [0.25, 0.3) is 11.6 Å². The number of fused-ring (bicyclic) bond motifs is 1. The van der Waals surface area contributed by atoms with Gasteiger partial charge in [0.05, 0.1) is 6.26 Å². The van der Waals surface area contributed by atoms with Gasteiger partial charge < -0.3 is 8.98 Å². The first kappa shape index (κ1) is 9.63. The van der Waals surface area contributed by atoms with Crippen LogP contribution in [-0.2, 0) is 13.0 Å². The number of furan rings is 1. The molecule has 0 N–H and O–H groups in total. The molecule has 4 heteroatoms. The average Bonchev–Trinajstić information content (AvgIpc) is 2.82. The molecule has 3 rings (SSSR count). The van der Waals surface area contributed by atoms with Gasteiger partial charge in [-0.1, -0.05) is 13.8 Å². The molecular weight excluding hydrogens is 202 g/mol. The van der Waals surface area contributed by atoms with Crippen LogP contribution >= 0.6 is 0 Å². The first-order chi connectivity index (χ1) is 7.66. The molecule has 0 unspecified atom stereocenters. The topological polar surface area (TPSA) is 43.9 Å². The smallest absolute Gasteiger partial charge is 0.199 e. The number of aryl methyl sites for hydroxylation is 1. The predicted octanol–water partition coefficient (Wildman–Crippen LogP) is 2.51. The molecule has 1 aliphatic rings. The van der Waals surface area contributed by atoms with Crippen LogP contribution in [0.15, 0.2) is 22.8 Å². The Kier molecular flexibility index (Phi) is 1.93. The van der Waals surface area contributed by atoms with Crippen LogP contribution in [0.4, 0.5) is 0 Å². The zero-order valence-corrected chi connectivity index (χ0v) is 9.60. The number of hydrogen-bond acceptors (Lipinski definition) is 3. The molecule has 1 aliphatic heterocycles. The second-order valence-electron chi connectivity index (χ2n) is 5.17. The summed E-state index contributed by atoms with van der Waals surface area (Å²) in [4.78, 5) is 0. The summed E-state index contributed by atoms with van der Waals surface area (Å²) in [5.74, 6) is 2.73. The maximum absolute atomic E-state index is 5.39. The van der Waals surface area contributed by atoms with Gasteiger partial charge in [0.2, 0.25) is 0 Å². The van der Waals surface area contributed by atoms with Gasteiger partial charge in [-0.2, -0.15) is 0 Å². The second-order valence-corrected chi connectivity index (χ2v) is 5.17. The van der Waals surface area contributed by atoms with Gasteiger partial charge in [-0.15, -0.1) is 10.2 Å². The molecule has 0 bridgehead atoms. The first-order valence-electron chi connectivity index (χ1n) is 5.62. The fourth-order valence-corrected chi connectivity index (χ4v) is 2.23. The Morgan fingerprint density at radius 2 is 2.25 bits per heavy atom. The van der Waals surface area contributed by atoms with E-state index in [0.717, 1.165) is 30.4 Å². The van der Waals surface area contributed by atoms with E-state index in [4.69, 9.17) is 4.42 Å². The Labute approximate surface area is 94.3 Å². The molecule has 2 aromatic rings. The third-order valence-electron chi connectivity index (χ3n) is 3.18. The van der Waals surface area contributed by atoms with E-state index in [1.807, 2.05) is 12.1 Å². The van der Waals surface area contributed by atoms with Crippen LogP contribution in [0, 0.1) is 5.41 Å². The number of aromatic nitrogens is 3. The summed E-state index contributed by atoms with van der Waals surface area (Å²) in [5, 5.41) is 8.46. The quantitative estimate of drug-likeness (QED) is 0.737. The first-order valence-corrected chi connectivity index (χ1v) is 5.62. The van der Waals surface area contributed by atoms with Gasteiger partial charge in [-0.05, 0) is 24.0 Å². The lowest BCUT2D eigenvalue weighted by Crippen LogP contribution is -2.27. The molecular formula is C12H15N3O. The Bertz CT molecular complexity index is 496. The maximum atomic E-state index is 5.39. The van der Waals surface area contributed by atoms with Gasteiger partial charge >= 0.3 is 0 Å². The summed E-state index contributed by atoms with van der Waals surface area (Å²) in [6.45, 7) is 5.52. The van der Waals surface area contributed by atoms with Crippen LogP contribution in [0.1, 0.15) is 26.1 Å². The van der Waals surface area contributed by atoms with Gasteiger partial charge in [-0.25, -0.2) is 0 Å². The standard InChI is InChI=1S/C12H15N3O/c1-12(2)6-5-10-13-14-11(15(10)8-12)9-4-3-7-16-9/h3-4,7H,5-6,8H2,1-2H3. The fraction of sp³-hybridized carbons (Fsp3) is 0.500. The van der Waals surface area contributed by atoms with Gasteiger partial charge in [0.15, 0.2) is 11.6 Å². The molecule has 0 atom stereocenters. The van der Waals surface area contributed by atoms with Crippen molar-refractivity contribution >= 4 is 0 Å². The second kappa shape index (κ2) is 3.20. The average molecular weight is 217 g/mol. The van der Waals surface area contributed by atoms with Crippen LogP contribution in [0.2, 0.25) is 0 Å². The van der Waals surface area contributed by atoms with Crippen molar-refractivity contribution in [2.45, 2.75) is 33.2 Å². The summed E-state index contributed by atoms with van der Waals surface area (Å²) >= 11 is 0. The minimum Gasteiger partial charge on any atom is -0.461 e. The van der Waals surface area contributed by atoms with E-state index in [0.29, 0.717) is 5.41 Å². The molecule has 0 radical (unpaired) electrons. The molecule has 2 aromatic heterocycles. The zero-order valence-electron chi connectivity index (χ0n) is 9.60. The van der Waals surface area contributed by atoms with E-state index in [2.05, 4.69) is 28.6 Å². The zero-order chi connectivity index (χ0) is 11.2. The normalized spacial score (nSPS) is 18.4. The molecule has 84 valence electrons. The van der Waals surface area contributed by atoms with Gasteiger partial charge in [-0.3, -0.25) is 0 Å². The molecule has 0 amide bonds. The van der Waals surface area contributed by atoms with Crippen molar-refractivity contribution < 1.29 is 4.42 Å². The molecule has 0 spiro atoms. The van der Waals surface area contributed by atoms with E-state index < -0.39 is 0 Å². The molecule has 4 nitrogen and oxygen atoms in total. The van der Waals surface area contributed by atoms with E-state index in [-0.39, 0.29) is 0 Å². The summed E-state index contributed by atoms with van der Waals surface area (Å²) < 4.78 is 7.57. The minimum atomic E-state index is 0.316. The number of hydrogen-bond donors (Lipinski definition) is 0. The predicted molar refractivity (Wildman–Crippen MR) is 59.8 cm³/mol. The Hall–Kier alpha value is -1.58. The highest BCUT2D eigenvalue weighted by molar-refractivity contribution is 5.46. The molecule has 0 aromatic carbocycles. The lowest BCUT2D eigenvalue weighted by molar-refractivity contribution is 0.248. The largest absolute Gasteiger partial charge is 0.461 e. The van der Waals surface area contributed by atoms with E-state index >= 15 is 0 Å². The highest BCUT2D eigenvalue weighted by Gasteiger charge is 2.29. The van der Waals surface area contributed by atoms with Gasteiger partial charge in [0.25, 0.3) is 0 Å². The highest BCUT2D eigenvalue weighted by atomic mass is 16.3. The van der Waals surface area contributed by atoms with Gasteiger partial charge in [0, 0.05) is 13.0 Å². The number of rotatable bonds is 1. The molecule has 0 fully saturated rings.